The predicted molar refractivity (Wildman–Crippen MR) is 68.2 cm³/mol. The number of nitrogens with two attached hydrogens (primary N) is 2. The molecule has 0 saturated heterocycles. The van der Waals surface area contributed by atoms with Crippen LogP contribution in [0.1, 0.15) is 23.6 Å². The highest BCUT2D eigenvalue weighted by atomic mass is 32.1. The summed E-state index contributed by atoms with van der Waals surface area (Å²) in [6.07, 6.45) is 2.25. The Hall–Kier alpha value is -0.380. The molecule has 0 aliphatic heterocycles. The molecular weight excluding hydrogens is 204 g/mol. The van der Waals surface area contributed by atoms with Gasteiger partial charge < -0.3 is 11.5 Å². The largest absolute Gasteiger partial charge is 0.330 e. The van der Waals surface area contributed by atoms with E-state index in [0.29, 0.717) is 24.9 Å². The van der Waals surface area contributed by atoms with Crippen molar-refractivity contribution in [3.8, 4) is 0 Å². The average Bonchev–Trinajstić information content (AvgIpc) is 2.67. The average molecular weight is 226 g/mol. The molecule has 1 rings (SSSR count). The van der Waals surface area contributed by atoms with Crippen LogP contribution in [-0.4, -0.2) is 13.1 Å². The lowest BCUT2D eigenvalue weighted by molar-refractivity contribution is 0.374. The second-order valence-electron chi connectivity index (χ2n) is 4.13. The third-order valence-corrected chi connectivity index (χ3v) is 4.25. The number of rotatable bonds is 6. The van der Waals surface area contributed by atoms with Gasteiger partial charge in [-0.15, -0.1) is 11.3 Å². The maximum atomic E-state index is 5.69. The fourth-order valence-corrected chi connectivity index (χ4v) is 2.87. The van der Waals surface area contributed by atoms with Gasteiger partial charge >= 0.3 is 0 Å². The van der Waals surface area contributed by atoms with Crippen LogP contribution in [0.5, 0.6) is 0 Å². The molecule has 0 spiro atoms. The van der Waals surface area contributed by atoms with E-state index in [2.05, 4.69) is 26.0 Å². The van der Waals surface area contributed by atoms with Gasteiger partial charge in [0.05, 0.1) is 0 Å². The summed E-state index contributed by atoms with van der Waals surface area (Å²) in [5.41, 5.74) is 11.4. The summed E-state index contributed by atoms with van der Waals surface area (Å²) in [4.78, 5) is 2.93. The molecule has 1 aromatic heterocycles. The molecule has 0 bridgehead atoms. The molecule has 15 heavy (non-hydrogen) atoms. The van der Waals surface area contributed by atoms with Gasteiger partial charge in [-0.05, 0) is 49.9 Å². The Morgan fingerprint density at radius 2 is 1.80 bits per heavy atom. The van der Waals surface area contributed by atoms with Crippen LogP contribution < -0.4 is 11.5 Å². The molecule has 0 aromatic carbocycles. The van der Waals surface area contributed by atoms with Crippen LogP contribution in [0, 0.1) is 11.8 Å². The Bertz CT molecular complexity index is 279. The maximum absolute atomic E-state index is 5.69. The predicted octanol–water partition coefficient (Wildman–Crippen LogP) is 2.02. The molecule has 1 unspecified atom stereocenters. The number of thiophene rings is 1. The van der Waals surface area contributed by atoms with Crippen LogP contribution in [-0.2, 0) is 12.8 Å². The molecule has 3 heteroatoms. The molecule has 86 valence electrons. The topological polar surface area (TPSA) is 52.0 Å². The van der Waals surface area contributed by atoms with E-state index in [9.17, 15) is 0 Å². The lowest BCUT2D eigenvalue weighted by atomic mass is 9.91. The van der Waals surface area contributed by atoms with Gasteiger partial charge in [0.25, 0.3) is 0 Å². The minimum absolute atomic E-state index is 0.456. The van der Waals surface area contributed by atoms with Gasteiger partial charge in [-0.25, -0.2) is 0 Å². The monoisotopic (exact) mass is 226 g/mol. The number of aryl methyl sites for hydroxylation is 1. The quantitative estimate of drug-likeness (QED) is 0.780. The lowest BCUT2D eigenvalue weighted by Crippen LogP contribution is -2.29. The van der Waals surface area contributed by atoms with Gasteiger partial charge in [-0.2, -0.15) is 0 Å². The van der Waals surface area contributed by atoms with Crippen LogP contribution in [0.25, 0.3) is 0 Å². The standard InChI is InChI=1S/C12H22N2S/c1-3-11-4-5-12(15-11)6-9(2)10(7-13)8-14/h4-5,9-10H,3,6-8,13-14H2,1-2H3. The highest BCUT2D eigenvalue weighted by Crippen LogP contribution is 2.23. The Morgan fingerprint density at radius 1 is 1.20 bits per heavy atom. The summed E-state index contributed by atoms with van der Waals surface area (Å²) < 4.78 is 0. The second-order valence-corrected chi connectivity index (χ2v) is 5.39. The van der Waals surface area contributed by atoms with Gasteiger partial charge in [0.2, 0.25) is 0 Å². The van der Waals surface area contributed by atoms with E-state index in [1.807, 2.05) is 11.3 Å². The molecule has 0 aliphatic rings. The van der Waals surface area contributed by atoms with Crippen molar-refractivity contribution in [1.82, 2.24) is 0 Å². The lowest BCUT2D eigenvalue weighted by Gasteiger charge is -2.19. The van der Waals surface area contributed by atoms with E-state index < -0.39 is 0 Å². The molecular formula is C12H22N2S. The highest BCUT2D eigenvalue weighted by molar-refractivity contribution is 7.11. The summed E-state index contributed by atoms with van der Waals surface area (Å²) >= 11 is 1.92. The van der Waals surface area contributed by atoms with Gasteiger partial charge in [-0.1, -0.05) is 13.8 Å². The van der Waals surface area contributed by atoms with Gasteiger partial charge in [0, 0.05) is 9.75 Å². The first-order chi connectivity index (χ1) is 7.21. The van der Waals surface area contributed by atoms with Crippen molar-refractivity contribution in [2.45, 2.75) is 26.7 Å². The van der Waals surface area contributed by atoms with Crippen molar-refractivity contribution >= 4 is 11.3 Å². The smallest absolute Gasteiger partial charge is 0.00509 e. The molecule has 0 radical (unpaired) electrons. The highest BCUT2D eigenvalue weighted by Gasteiger charge is 2.15. The maximum Gasteiger partial charge on any atom is 0.00509 e. The van der Waals surface area contributed by atoms with E-state index in [4.69, 9.17) is 11.5 Å². The van der Waals surface area contributed by atoms with Crippen molar-refractivity contribution in [3.63, 3.8) is 0 Å². The van der Waals surface area contributed by atoms with Gasteiger partial charge in [0.15, 0.2) is 0 Å². The van der Waals surface area contributed by atoms with Crippen LogP contribution in [0.4, 0.5) is 0 Å². The first-order valence-electron chi connectivity index (χ1n) is 5.69. The minimum atomic E-state index is 0.456. The Kier molecular flexibility index (Phi) is 5.29. The van der Waals surface area contributed by atoms with E-state index in [0.717, 1.165) is 12.8 Å². The van der Waals surface area contributed by atoms with Crippen LogP contribution in [0.15, 0.2) is 12.1 Å². The normalized spacial score (nSPS) is 13.4. The Balaban J connectivity index is 2.53. The molecule has 4 N–H and O–H groups in total. The molecule has 0 saturated carbocycles. The van der Waals surface area contributed by atoms with Crippen molar-refractivity contribution in [2.24, 2.45) is 23.3 Å². The minimum Gasteiger partial charge on any atom is -0.330 e. The van der Waals surface area contributed by atoms with E-state index in [1.54, 1.807) is 0 Å². The van der Waals surface area contributed by atoms with Crippen LogP contribution >= 0.6 is 11.3 Å². The fraction of sp³-hybridized carbons (Fsp3) is 0.667. The Labute approximate surface area is 96.7 Å². The van der Waals surface area contributed by atoms with Crippen molar-refractivity contribution in [2.75, 3.05) is 13.1 Å². The second kappa shape index (κ2) is 6.26. The summed E-state index contributed by atoms with van der Waals surface area (Å²) in [6, 6.07) is 4.47. The first-order valence-corrected chi connectivity index (χ1v) is 6.50. The summed E-state index contributed by atoms with van der Waals surface area (Å²) in [7, 11) is 0. The van der Waals surface area contributed by atoms with Gasteiger partial charge in [-0.3, -0.25) is 0 Å². The van der Waals surface area contributed by atoms with Crippen LogP contribution in [0.3, 0.4) is 0 Å². The van der Waals surface area contributed by atoms with E-state index >= 15 is 0 Å². The van der Waals surface area contributed by atoms with E-state index in [1.165, 1.54) is 9.75 Å². The zero-order valence-electron chi connectivity index (χ0n) is 9.70. The third kappa shape index (κ3) is 3.59. The fourth-order valence-electron chi connectivity index (χ4n) is 1.77. The zero-order chi connectivity index (χ0) is 11.3. The molecule has 1 heterocycles. The summed E-state index contributed by atoms with van der Waals surface area (Å²) in [5.74, 6) is 1.04. The van der Waals surface area contributed by atoms with Crippen molar-refractivity contribution in [3.05, 3.63) is 21.9 Å². The molecule has 1 aromatic rings. The Morgan fingerprint density at radius 3 is 2.27 bits per heavy atom. The number of hydrogen-bond donors (Lipinski definition) is 2. The van der Waals surface area contributed by atoms with Gasteiger partial charge in [0.1, 0.15) is 0 Å². The van der Waals surface area contributed by atoms with Crippen molar-refractivity contribution < 1.29 is 0 Å². The van der Waals surface area contributed by atoms with E-state index in [-0.39, 0.29) is 0 Å². The first kappa shape index (κ1) is 12.7. The summed E-state index contributed by atoms with van der Waals surface area (Å²) in [6.45, 7) is 5.84. The summed E-state index contributed by atoms with van der Waals surface area (Å²) in [5, 5.41) is 0. The van der Waals surface area contributed by atoms with Crippen molar-refractivity contribution in [1.29, 1.82) is 0 Å². The molecule has 2 nitrogen and oxygen atoms in total. The molecule has 0 fully saturated rings. The zero-order valence-corrected chi connectivity index (χ0v) is 10.5. The number of hydrogen-bond acceptors (Lipinski definition) is 3. The molecule has 0 aliphatic carbocycles. The molecule has 0 amide bonds. The SMILES string of the molecule is CCc1ccc(CC(C)C(CN)CN)s1. The third-order valence-electron chi connectivity index (χ3n) is 3.00. The van der Waals surface area contributed by atoms with Crippen LogP contribution in [0.2, 0.25) is 0 Å². The molecule has 1 atom stereocenters.